The Balaban J connectivity index is 2.53. The monoisotopic (exact) mass is 215 g/mol. The second-order valence-electron chi connectivity index (χ2n) is 3.25. The van der Waals surface area contributed by atoms with Crippen LogP contribution in [0.4, 0.5) is 13.2 Å². The first-order valence-corrected chi connectivity index (χ1v) is 4.23. The molecule has 0 spiro atoms. The highest BCUT2D eigenvalue weighted by Crippen LogP contribution is 2.26. The van der Waals surface area contributed by atoms with Gasteiger partial charge in [0.1, 0.15) is 0 Å². The van der Waals surface area contributed by atoms with Gasteiger partial charge in [-0.3, -0.25) is 9.66 Å². The average Bonchev–Trinajstić information content (AvgIpc) is 2.42. The summed E-state index contributed by atoms with van der Waals surface area (Å²) in [5.41, 5.74) is 0.692. The van der Waals surface area contributed by atoms with Crippen molar-refractivity contribution in [2.24, 2.45) is 0 Å². The van der Waals surface area contributed by atoms with Crippen molar-refractivity contribution in [1.82, 2.24) is 9.66 Å². The fraction of sp³-hybridized carbons (Fsp3) is 0.222. The van der Waals surface area contributed by atoms with Gasteiger partial charge in [0.05, 0.1) is 11.9 Å². The Hall–Kier alpha value is -1.72. The van der Waals surface area contributed by atoms with Crippen molar-refractivity contribution < 1.29 is 13.2 Å². The minimum atomic E-state index is -4.23. The standard InChI is InChI=1S/C9H8F3N3/c10-9(11,12)3-6-5-15(13)8-1-2-14-4-7(6)8/h1-2,4-5H,3,13H2. The summed E-state index contributed by atoms with van der Waals surface area (Å²) < 4.78 is 37.8. The molecule has 2 rings (SSSR count). The molecule has 0 amide bonds. The van der Waals surface area contributed by atoms with E-state index in [9.17, 15) is 13.2 Å². The zero-order valence-electron chi connectivity index (χ0n) is 7.62. The zero-order chi connectivity index (χ0) is 11.1. The number of halogens is 3. The fourth-order valence-corrected chi connectivity index (χ4v) is 1.52. The molecule has 6 heteroatoms. The van der Waals surface area contributed by atoms with E-state index >= 15 is 0 Å². The summed E-state index contributed by atoms with van der Waals surface area (Å²) in [6, 6.07) is 1.58. The Morgan fingerprint density at radius 1 is 1.40 bits per heavy atom. The number of aromatic nitrogens is 2. The topological polar surface area (TPSA) is 43.8 Å². The molecule has 0 aliphatic heterocycles. The second-order valence-corrected chi connectivity index (χ2v) is 3.25. The Kier molecular flexibility index (Phi) is 2.06. The normalized spacial score (nSPS) is 12.2. The van der Waals surface area contributed by atoms with Crippen LogP contribution in [-0.2, 0) is 6.42 Å². The minimum Gasteiger partial charge on any atom is -0.339 e. The van der Waals surface area contributed by atoms with Crippen molar-refractivity contribution in [2.75, 3.05) is 5.84 Å². The smallest absolute Gasteiger partial charge is 0.339 e. The number of nitrogens with zero attached hydrogens (tertiary/aromatic N) is 2. The summed E-state index contributed by atoms with van der Waals surface area (Å²) in [7, 11) is 0. The molecule has 0 radical (unpaired) electrons. The SMILES string of the molecule is Nn1cc(CC(F)(F)F)c2cnccc21. The molecule has 0 atom stereocenters. The molecule has 0 bridgehead atoms. The van der Waals surface area contributed by atoms with Gasteiger partial charge in [-0.1, -0.05) is 0 Å². The molecule has 3 nitrogen and oxygen atoms in total. The van der Waals surface area contributed by atoms with Crippen LogP contribution in [0.15, 0.2) is 24.7 Å². The van der Waals surface area contributed by atoms with Crippen LogP contribution in [0.25, 0.3) is 10.9 Å². The van der Waals surface area contributed by atoms with Gasteiger partial charge >= 0.3 is 6.18 Å². The lowest BCUT2D eigenvalue weighted by molar-refractivity contribution is -0.127. The number of alkyl halides is 3. The third kappa shape index (κ3) is 1.88. The first-order valence-electron chi connectivity index (χ1n) is 4.23. The number of rotatable bonds is 1. The molecule has 0 fully saturated rings. The Morgan fingerprint density at radius 3 is 2.80 bits per heavy atom. The summed E-state index contributed by atoms with van der Waals surface area (Å²) in [5, 5.41) is 0.442. The maximum Gasteiger partial charge on any atom is 0.393 e. The maximum absolute atomic E-state index is 12.2. The molecule has 0 aromatic carbocycles. The molecule has 2 heterocycles. The predicted octanol–water partition coefficient (Wildman–Crippen LogP) is 1.85. The van der Waals surface area contributed by atoms with Crippen LogP contribution >= 0.6 is 0 Å². The molecule has 0 aliphatic carbocycles. The summed E-state index contributed by atoms with van der Waals surface area (Å²) in [6.45, 7) is 0. The van der Waals surface area contributed by atoms with Gasteiger partial charge in [-0.05, 0) is 11.6 Å². The maximum atomic E-state index is 12.2. The van der Waals surface area contributed by atoms with Crippen LogP contribution in [0.5, 0.6) is 0 Å². The van der Waals surface area contributed by atoms with Crippen LogP contribution in [0.1, 0.15) is 5.56 Å². The molecule has 0 saturated carbocycles. The van der Waals surface area contributed by atoms with Gasteiger partial charge in [-0.15, -0.1) is 0 Å². The highest BCUT2D eigenvalue weighted by atomic mass is 19.4. The quantitative estimate of drug-likeness (QED) is 0.738. The summed E-state index contributed by atoms with van der Waals surface area (Å²) in [6.07, 6.45) is -1.06. The van der Waals surface area contributed by atoms with Crippen LogP contribution in [0, 0.1) is 0 Å². The lowest BCUT2D eigenvalue weighted by Gasteiger charge is -2.03. The van der Waals surface area contributed by atoms with Crippen LogP contribution in [0.3, 0.4) is 0 Å². The highest BCUT2D eigenvalue weighted by molar-refractivity contribution is 5.83. The van der Waals surface area contributed by atoms with Crippen molar-refractivity contribution in [3.63, 3.8) is 0 Å². The van der Waals surface area contributed by atoms with E-state index < -0.39 is 12.6 Å². The number of pyridine rings is 1. The second kappa shape index (κ2) is 3.15. The van der Waals surface area contributed by atoms with Gasteiger partial charge in [0.15, 0.2) is 0 Å². The third-order valence-electron chi connectivity index (χ3n) is 2.11. The largest absolute Gasteiger partial charge is 0.393 e. The Labute approximate surface area is 83.3 Å². The van der Waals surface area contributed by atoms with Crippen molar-refractivity contribution in [2.45, 2.75) is 12.6 Å². The summed E-state index contributed by atoms with van der Waals surface area (Å²) >= 11 is 0. The zero-order valence-corrected chi connectivity index (χ0v) is 7.62. The van der Waals surface area contributed by atoms with E-state index in [1.165, 1.54) is 23.3 Å². The van der Waals surface area contributed by atoms with Gasteiger partial charge in [0.2, 0.25) is 0 Å². The minimum absolute atomic E-state index is 0.146. The lowest BCUT2D eigenvalue weighted by Crippen LogP contribution is -2.11. The van der Waals surface area contributed by atoms with E-state index in [1.807, 2.05) is 0 Å². The van der Waals surface area contributed by atoms with E-state index in [0.717, 1.165) is 0 Å². The van der Waals surface area contributed by atoms with Gasteiger partial charge in [0.25, 0.3) is 0 Å². The number of hydrogen-bond donors (Lipinski definition) is 1. The third-order valence-corrected chi connectivity index (χ3v) is 2.11. The van der Waals surface area contributed by atoms with E-state index in [-0.39, 0.29) is 5.56 Å². The fourth-order valence-electron chi connectivity index (χ4n) is 1.52. The molecular weight excluding hydrogens is 207 g/mol. The molecule has 80 valence electrons. The lowest BCUT2D eigenvalue weighted by atomic mass is 10.1. The van der Waals surface area contributed by atoms with Crippen LogP contribution < -0.4 is 5.84 Å². The number of hydrogen-bond acceptors (Lipinski definition) is 2. The van der Waals surface area contributed by atoms with Crippen molar-refractivity contribution in [3.8, 4) is 0 Å². The van der Waals surface area contributed by atoms with E-state index in [2.05, 4.69) is 4.98 Å². The van der Waals surface area contributed by atoms with Crippen LogP contribution in [-0.4, -0.2) is 15.8 Å². The Bertz CT molecular complexity index is 487. The van der Waals surface area contributed by atoms with E-state index in [4.69, 9.17) is 5.84 Å². The summed E-state index contributed by atoms with van der Waals surface area (Å²) in [5.74, 6) is 5.52. The van der Waals surface area contributed by atoms with Crippen molar-refractivity contribution >= 4 is 10.9 Å². The van der Waals surface area contributed by atoms with Gasteiger partial charge in [0, 0.05) is 24.0 Å². The molecule has 0 aliphatic rings. The van der Waals surface area contributed by atoms with E-state index in [0.29, 0.717) is 10.9 Å². The molecule has 2 aromatic rings. The molecule has 2 N–H and O–H groups in total. The Morgan fingerprint density at radius 2 is 2.13 bits per heavy atom. The van der Waals surface area contributed by atoms with Gasteiger partial charge in [-0.2, -0.15) is 13.2 Å². The van der Waals surface area contributed by atoms with Crippen LogP contribution in [0.2, 0.25) is 0 Å². The van der Waals surface area contributed by atoms with Gasteiger partial charge < -0.3 is 5.84 Å². The molecule has 2 aromatic heterocycles. The molecule has 15 heavy (non-hydrogen) atoms. The van der Waals surface area contributed by atoms with Gasteiger partial charge in [-0.25, -0.2) is 0 Å². The molecule has 0 saturated heterocycles. The predicted molar refractivity (Wildman–Crippen MR) is 49.6 cm³/mol. The van der Waals surface area contributed by atoms with E-state index in [1.54, 1.807) is 6.07 Å². The van der Waals surface area contributed by atoms with Crippen molar-refractivity contribution in [1.29, 1.82) is 0 Å². The number of fused-ring (bicyclic) bond motifs is 1. The average molecular weight is 215 g/mol. The molecular formula is C9H8F3N3. The number of nitrogen functional groups attached to an aromatic ring is 1. The first-order chi connectivity index (χ1) is 6.97. The first kappa shape index (κ1) is 9.82. The highest BCUT2D eigenvalue weighted by Gasteiger charge is 2.29. The number of nitrogens with two attached hydrogens (primary N) is 1. The summed E-state index contributed by atoms with van der Waals surface area (Å²) in [4.78, 5) is 3.78. The van der Waals surface area contributed by atoms with Crippen molar-refractivity contribution in [3.05, 3.63) is 30.2 Å². The molecule has 0 unspecified atom stereocenters.